The van der Waals surface area contributed by atoms with Crippen LogP contribution >= 0.6 is 0 Å². The molecule has 0 fully saturated rings. The molecule has 2 aromatic carbocycles. The van der Waals surface area contributed by atoms with Crippen LogP contribution in [-0.4, -0.2) is 11.6 Å². The molecule has 0 spiro atoms. The lowest BCUT2D eigenvalue weighted by molar-refractivity contribution is 0.0979. The van der Waals surface area contributed by atoms with E-state index in [9.17, 15) is 9.59 Å². The van der Waals surface area contributed by atoms with Gasteiger partial charge in [-0.15, -0.1) is 0 Å². The number of fused-ring (bicyclic) bond motifs is 2. The average Bonchev–Trinajstić information content (AvgIpc) is 2.77. The van der Waals surface area contributed by atoms with Crippen molar-refractivity contribution in [2.24, 2.45) is 5.92 Å². The molecule has 0 unspecified atom stereocenters. The zero-order chi connectivity index (χ0) is 24.0. The summed E-state index contributed by atoms with van der Waals surface area (Å²) in [6.07, 6.45) is 11.8. The summed E-state index contributed by atoms with van der Waals surface area (Å²) in [6.45, 7) is 10.9. The zero-order valence-electron chi connectivity index (χ0n) is 21.0. The van der Waals surface area contributed by atoms with Crippen LogP contribution in [0.5, 0.6) is 0 Å². The molecule has 33 heavy (non-hydrogen) atoms. The van der Waals surface area contributed by atoms with Gasteiger partial charge in [0, 0.05) is 22.3 Å². The van der Waals surface area contributed by atoms with Gasteiger partial charge in [-0.1, -0.05) is 67.8 Å². The molecule has 0 atom stereocenters. The molecule has 174 valence electrons. The lowest BCUT2D eigenvalue weighted by Crippen LogP contribution is -2.21. The highest BCUT2D eigenvalue weighted by Crippen LogP contribution is 2.29. The Labute approximate surface area is 199 Å². The number of rotatable bonds is 10. The minimum Gasteiger partial charge on any atom is -0.289 e. The van der Waals surface area contributed by atoms with Crippen LogP contribution in [0.2, 0.25) is 0 Å². The number of aryl methyl sites for hydroxylation is 2. The standard InChI is InChI=1S/C31H38O2/c1-21(2)9-6-11-23(5)12-8-14-25-16-18-27-29(20-25)31(33)26-17-15-24(13-7-10-22(3)4)19-28(26)30(27)32/h9,12,15-20,22H,6-8,10-11,13-14H2,1-5H3. The number of allylic oxidation sites excluding steroid dienone is 4. The van der Waals surface area contributed by atoms with E-state index >= 15 is 0 Å². The van der Waals surface area contributed by atoms with Crippen molar-refractivity contribution in [1.82, 2.24) is 0 Å². The molecule has 2 aromatic rings. The minimum absolute atomic E-state index is 0.0214. The Hall–Kier alpha value is -2.74. The third-order valence-electron chi connectivity index (χ3n) is 6.41. The van der Waals surface area contributed by atoms with E-state index in [1.165, 1.54) is 17.6 Å². The van der Waals surface area contributed by atoms with E-state index < -0.39 is 0 Å². The van der Waals surface area contributed by atoms with E-state index in [0.29, 0.717) is 28.2 Å². The zero-order valence-corrected chi connectivity index (χ0v) is 21.0. The third-order valence-corrected chi connectivity index (χ3v) is 6.41. The molecule has 0 radical (unpaired) electrons. The quantitative estimate of drug-likeness (QED) is 0.297. The van der Waals surface area contributed by atoms with E-state index in [1.807, 2.05) is 36.4 Å². The fourth-order valence-corrected chi connectivity index (χ4v) is 4.45. The predicted molar refractivity (Wildman–Crippen MR) is 138 cm³/mol. The number of hydrogen-bond donors (Lipinski definition) is 0. The summed E-state index contributed by atoms with van der Waals surface area (Å²) >= 11 is 0. The Morgan fingerprint density at radius 3 is 1.88 bits per heavy atom. The van der Waals surface area contributed by atoms with Gasteiger partial charge in [0.25, 0.3) is 0 Å². The van der Waals surface area contributed by atoms with E-state index in [1.54, 1.807) is 0 Å². The molecule has 2 heteroatoms. The van der Waals surface area contributed by atoms with Gasteiger partial charge in [0.1, 0.15) is 0 Å². The molecular weight excluding hydrogens is 404 g/mol. The molecule has 0 heterocycles. The molecule has 1 aliphatic rings. The normalized spacial score (nSPS) is 13.2. The Morgan fingerprint density at radius 1 is 0.758 bits per heavy atom. The van der Waals surface area contributed by atoms with Crippen LogP contribution in [-0.2, 0) is 12.8 Å². The molecule has 0 N–H and O–H groups in total. The van der Waals surface area contributed by atoms with E-state index in [4.69, 9.17) is 0 Å². The predicted octanol–water partition coefficient (Wildman–Crippen LogP) is 8.07. The lowest BCUT2D eigenvalue weighted by atomic mass is 9.82. The van der Waals surface area contributed by atoms with Gasteiger partial charge in [0.15, 0.2) is 11.6 Å². The Kier molecular flexibility index (Phi) is 8.61. The van der Waals surface area contributed by atoms with Crippen molar-refractivity contribution < 1.29 is 9.59 Å². The third kappa shape index (κ3) is 6.63. The van der Waals surface area contributed by atoms with Crippen LogP contribution in [0.25, 0.3) is 0 Å². The monoisotopic (exact) mass is 442 g/mol. The molecule has 0 aliphatic heterocycles. The van der Waals surface area contributed by atoms with Gasteiger partial charge in [0.2, 0.25) is 0 Å². The summed E-state index contributed by atoms with van der Waals surface area (Å²) in [5.74, 6) is 0.629. The van der Waals surface area contributed by atoms with Crippen molar-refractivity contribution in [3.8, 4) is 0 Å². The first-order valence-electron chi connectivity index (χ1n) is 12.4. The summed E-state index contributed by atoms with van der Waals surface area (Å²) in [4.78, 5) is 26.4. The first-order chi connectivity index (χ1) is 15.8. The van der Waals surface area contributed by atoms with Crippen LogP contribution < -0.4 is 0 Å². The second-order valence-electron chi connectivity index (χ2n) is 10.1. The van der Waals surface area contributed by atoms with Crippen molar-refractivity contribution in [3.63, 3.8) is 0 Å². The Balaban J connectivity index is 1.70. The molecule has 0 aromatic heterocycles. The molecule has 0 saturated heterocycles. The van der Waals surface area contributed by atoms with Crippen molar-refractivity contribution in [2.75, 3.05) is 0 Å². The molecule has 1 aliphatic carbocycles. The van der Waals surface area contributed by atoms with E-state index in [0.717, 1.165) is 49.7 Å². The highest BCUT2D eigenvalue weighted by Gasteiger charge is 2.29. The number of carbonyl (C=O) groups is 2. The Bertz CT molecular complexity index is 1080. The first-order valence-corrected chi connectivity index (χ1v) is 12.4. The largest absolute Gasteiger partial charge is 0.289 e. The Morgan fingerprint density at radius 2 is 1.33 bits per heavy atom. The van der Waals surface area contributed by atoms with Crippen molar-refractivity contribution in [1.29, 1.82) is 0 Å². The van der Waals surface area contributed by atoms with E-state index in [-0.39, 0.29) is 11.6 Å². The first kappa shape index (κ1) is 24.9. The average molecular weight is 443 g/mol. The minimum atomic E-state index is -0.0244. The molecule has 0 saturated carbocycles. The molecular formula is C31H38O2. The van der Waals surface area contributed by atoms with Crippen molar-refractivity contribution >= 4 is 11.6 Å². The molecule has 0 bridgehead atoms. The van der Waals surface area contributed by atoms with Gasteiger partial charge in [-0.2, -0.15) is 0 Å². The number of ketones is 2. The number of hydrogen-bond acceptors (Lipinski definition) is 2. The van der Waals surface area contributed by atoms with Crippen molar-refractivity contribution in [2.45, 2.75) is 79.6 Å². The van der Waals surface area contributed by atoms with Gasteiger partial charge < -0.3 is 0 Å². The van der Waals surface area contributed by atoms with Crippen LogP contribution in [0.3, 0.4) is 0 Å². The van der Waals surface area contributed by atoms with Gasteiger partial charge in [0.05, 0.1) is 0 Å². The highest BCUT2D eigenvalue weighted by atomic mass is 16.1. The number of benzene rings is 2. The SMILES string of the molecule is CC(C)=CCCC(C)=CCCc1ccc2c(c1)C(=O)c1ccc(CCCC(C)C)cc1C2=O. The maximum absolute atomic E-state index is 13.2. The highest BCUT2D eigenvalue weighted by molar-refractivity contribution is 6.28. The van der Waals surface area contributed by atoms with Crippen LogP contribution in [0.1, 0.15) is 110 Å². The van der Waals surface area contributed by atoms with Crippen molar-refractivity contribution in [3.05, 3.63) is 93.1 Å². The summed E-state index contributed by atoms with van der Waals surface area (Å²) in [5.41, 5.74) is 7.23. The second-order valence-corrected chi connectivity index (χ2v) is 10.1. The molecule has 3 rings (SSSR count). The summed E-state index contributed by atoms with van der Waals surface area (Å²) < 4.78 is 0. The van der Waals surface area contributed by atoms with Gasteiger partial charge in [-0.05, 0) is 88.5 Å². The second kappa shape index (κ2) is 11.4. The van der Waals surface area contributed by atoms with Crippen LogP contribution in [0.4, 0.5) is 0 Å². The maximum atomic E-state index is 13.2. The van der Waals surface area contributed by atoms with Gasteiger partial charge in [-0.3, -0.25) is 9.59 Å². The molecule has 2 nitrogen and oxygen atoms in total. The fraction of sp³-hybridized carbons (Fsp3) is 0.419. The van der Waals surface area contributed by atoms with Gasteiger partial charge >= 0.3 is 0 Å². The summed E-state index contributed by atoms with van der Waals surface area (Å²) in [5, 5.41) is 0. The molecule has 0 amide bonds. The fourth-order valence-electron chi connectivity index (χ4n) is 4.45. The maximum Gasteiger partial charge on any atom is 0.194 e. The number of carbonyl (C=O) groups excluding carboxylic acids is 2. The van der Waals surface area contributed by atoms with E-state index in [2.05, 4.69) is 46.8 Å². The van der Waals surface area contributed by atoms with Crippen LogP contribution in [0.15, 0.2) is 59.7 Å². The summed E-state index contributed by atoms with van der Waals surface area (Å²) in [7, 11) is 0. The van der Waals surface area contributed by atoms with Crippen LogP contribution in [0, 0.1) is 5.92 Å². The topological polar surface area (TPSA) is 34.1 Å². The smallest absolute Gasteiger partial charge is 0.194 e. The van der Waals surface area contributed by atoms with Gasteiger partial charge in [-0.25, -0.2) is 0 Å². The summed E-state index contributed by atoms with van der Waals surface area (Å²) in [6, 6.07) is 11.6. The lowest BCUT2D eigenvalue weighted by Gasteiger charge is -2.19.